The van der Waals surface area contributed by atoms with Crippen molar-refractivity contribution in [2.24, 2.45) is 5.14 Å². The number of benzene rings is 2. The largest absolute Gasteiger partial charge is 0.456 e. The van der Waals surface area contributed by atoms with E-state index in [9.17, 15) is 13.2 Å². The molecule has 0 atom stereocenters. The number of unbranched alkanes of at least 4 members (excludes halogenated alkanes) is 1. The summed E-state index contributed by atoms with van der Waals surface area (Å²) < 4.78 is 36.6. The van der Waals surface area contributed by atoms with Crippen LogP contribution in [0.1, 0.15) is 30.1 Å². The lowest BCUT2D eigenvalue weighted by Crippen LogP contribution is -2.38. The molecule has 0 aliphatic rings. The molecule has 0 heterocycles. The monoisotopic (exact) mass is 450 g/mol. The van der Waals surface area contributed by atoms with Gasteiger partial charge >= 0.3 is 5.97 Å². The van der Waals surface area contributed by atoms with Gasteiger partial charge in [0, 0.05) is 6.54 Å². The molecule has 0 aromatic heterocycles. The van der Waals surface area contributed by atoms with Gasteiger partial charge in [0.1, 0.15) is 23.8 Å². The van der Waals surface area contributed by atoms with Crippen LogP contribution in [0.4, 0.5) is 5.69 Å². The number of likely N-dealkylation sites (N-methyl/N-ethyl adjacent to an activating group) is 1. The lowest BCUT2D eigenvalue weighted by Gasteiger charge is -2.23. The van der Waals surface area contributed by atoms with Gasteiger partial charge in [0.05, 0.1) is 32.4 Å². The fourth-order valence-corrected chi connectivity index (χ4v) is 3.37. The Hall–Kier alpha value is -2.62. The first kappa shape index (κ1) is 24.6. The smallest absolute Gasteiger partial charge is 0.338 e. The standard InChI is InChI=1S/C22H32N3O5S/c1-5-6-12-24-19-15-17(22(26)29-14-13-25(2,3)4)16-20(31(23,27)28)21(19)30-18-10-8-7-9-11-18/h7-11,15-16,24H,5-6,12-14H2,1-4H3,(H2,23,27,28)/q+1. The number of ether oxygens (including phenoxy) is 2. The Labute approximate surface area is 184 Å². The maximum atomic E-state index is 12.6. The third-order valence-electron chi connectivity index (χ3n) is 4.40. The molecule has 0 unspecified atom stereocenters. The second kappa shape index (κ2) is 10.6. The number of hydrogen-bond donors (Lipinski definition) is 2. The number of quaternary nitrogens is 1. The summed E-state index contributed by atoms with van der Waals surface area (Å²) in [6, 6.07) is 11.5. The molecule has 0 bridgehead atoms. The number of esters is 1. The third-order valence-corrected chi connectivity index (χ3v) is 5.32. The Morgan fingerprint density at radius 1 is 1.13 bits per heavy atom. The van der Waals surface area contributed by atoms with Crippen molar-refractivity contribution < 1.29 is 27.2 Å². The van der Waals surface area contributed by atoms with E-state index in [1.807, 2.05) is 34.1 Å². The van der Waals surface area contributed by atoms with Crippen molar-refractivity contribution in [3.63, 3.8) is 0 Å². The number of sulfonamides is 1. The van der Waals surface area contributed by atoms with Gasteiger partial charge in [-0.25, -0.2) is 18.4 Å². The van der Waals surface area contributed by atoms with E-state index < -0.39 is 16.0 Å². The summed E-state index contributed by atoms with van der Waals surface area (Å²) in [6.45, 7) is 3.44. The van der Waals surface area contributed by atoms with Crippen LogP contribution in [-0.4, -0.2) is 59.7 Å². The Bertz CT molecular complexity index is 986. The minimum absolute atomic E-state index is 0.0488. The van der Waals surface area contributed by atoms with Crippen molar-refractivity contribution >= 4 is 21.7 Å². The molecule has 0 aliphatic carbocycles. The highest BCUT2D eigenvalue weighted by atomic mass is 32.2. The molecule has 8 nitrogen and oxygen atoms in total. The molecular weight excluding hydrogens is 418 g/mol. The number of carbonyl (C=O) groups is 1. The van der Waals surface area contributed by atoms with Crippen molar-refractivity contribution in [3.8, 4) is 11.5 Å². The van der Waals surface area contributed by atoms with Gasteiger partial charge in [0.2, 0.25) is 10.0 Å². The van der Waals surface area contributed by atoms with Crippen LogP contribution < -0.4 is 15.2 Å². The maximum Gasteiger partial charge on any atom is 0.338 e. The average molecular weight is 451 g/mol. The summed E-state index contributed by atoms with van der Waals surface area (Å²) in [5.41, 5.74) is 0.451. The lowest BCUT2D eigenvalue weighted by atomic mass is 10.1. The van der Waals surface area contributed by atoms with Gasteiger partial charge in [-0.2, -0.15) is 0 Å². The zero-order valence-corrected chi connectivity index (χ0v) is 19.4. The van der Waals surface area contributed by atoms with Gasteiger partial charge in [0.15, 0.2) is 5.75 Å². The number of para-hydroxylation sites is 1. The molecule has 0 saturated heterocycles. The minimum Gasteiger partial charge on any atom is -0.456 e. The summed E-state index contributed by atoms with van der Waals surface area (Å²) in [5, 5.41) is 8.64. The van der Waals surface area contributed by atoms with Gasteiger partial charge in [-0.05, 0) is 30.7 Å². The molecule has 0 saturated carbocycles. The summed E-state index contributed by atoms with van der Waals surface area (Å²) in [7, 11) is 1.77. The van der Waals surface area contributed by atoms with E-state index in [1.54, 1.807) is 24.3 Å². The number of primary sulfonamides is 1. The molecule has 2 rings (SSSR count). The van der Waals surface area contributed by atoms with Crippen molar-refractivity contribution in [2.75, 3.05) is 46.2 Å². The second-order valence-corrected chi connectivity index (χ2v) is 9.77. The molecule has 9 heteroatoms. The van der Waals surface area contributed by atoms with Crippen LogP contribution in [0, 0.1) is 0 Å². The summed E-state index contributed by atoms with van der Waals surface area (Å²) >= 11 is 0. The van der Waals surface area contributed by atoms with Gasteiger partial charge < -0.3 is 19.3 Å². The van der Waals surface area contributed by atoms with Crippen LogP contribution >= 0.6 is 0 Å². The Morgan fingerprint density at radius 3 is 2.39 bits per heavy atom. The van der Waals surface area contributed by atoms with E-state index >= 15 is 0 Å². The predicted octanol–water partition coefficient (Wildman–Crippen LogP) is 3.20. The zero-order chi connectivity index (χ0) is 23.1. The summed E-state index contributed by atoms with van der Waals surface area (Å²) in [4.78, 5) is 12.3. The first-order chi connectivity index (χ1) is 14.5. The fourth-order valence-electron chi connectivity index (χ4n) is 2.67. The molecule has 0 spiro atoms. The third kappa shape index (κ3) is 7.86. The van der Waals surface area contributed by atoms with E-state index in [0.717, 1.165) is 12.8 Å². The zero-order valence-electron chi connectivity index (χ0n) is 18.6. The van der Waals surface area contributed by atoms with E-state index in [2.05, 4.69) is 5.32 Å². The highest BCUT2D eigenvalue weighted by Crippen LogP contribution is 2.37. The van der Waals surface area contributed by atoms with Crippen LogP contribution in [0.25, 0.3) is 0 Å². The topological polar surface area (TPSA) is 108 Å². The van der Waals surface area contributed by atoms with Gasteiger partial charge in [-0.15, -0.1) is 0 Å². The highest BCUT2D eigenvalue weighted by molar-refractivity contribution is 7.89. The number of anilines is 1. The Morgan fingerprint density at radius 2 is 1.81 bits per heavy atom. The fraction of sp³-hybridized carbons (Fsp3) is 0.409. The number of hydrogen-bond acceptors (Lipinski definition) is 6. The molecule has 3 N–H and O–H groups in total. The molecule has 0 amide bonds. The molecule has 2 aromatic rings. The van der Waals surface area contributed by atoms with Crippen LogP contribution in [0.5, 0.6) is 11.5 Å². The molecule has 2 aromatic carbocycles. The first-order valence-electron chi connectivity index (χ1n) is 10.2. The lowest BCUT2D eigenvalue weighted by molar-refractivity contribution is -0.870. The van der Waals surface area contributed by atoms with Gasteiger partial charge in [-0.3, -0.25) is 0 Å². The van der Waals surface area contributed by atoms with Crippen LogP contribution in [-0.2, 0) is 14.8 Å². The van der Waals surface area contributed by atoms with Gasteiger partial charge in [0.25, 0.3) is 0 Å². The second-order valence-electron chi connectivity index (χ2n) is 8.24. The minimum atomic E-state index is -4.18. The average Bonchev–Trinajstić information content (AvgIpc) is 2.68. The quantitative estimate of drug-likeness (QED) is 0.309. The van der Waals surface area contributed by atoms with E-state index in [4.69, 9.17) is 14.6 Å². The Balaban J connectivity index is 2.46. The molecular formula is C22H32N3O5S+. The van der Waals surface area contributed by atoms with Crippen LogP contribution in [0.2, 0.25) is 0 Å². The predicted molar refractivity (Wildman–Crippen MR) is 121 cm³/mol. The molecule has 170 valence electrons. The van der Waals surface area contributed by atoms with Crippen LogP contribution in [0.15, 0.2) is 47.4 Å². The molecule has 0 aliphatic heterocycles. The van der Waals surface area contributed by atoms with E-state index in [0.29, 0.717) is 29.0 Å². The number of carbonyl (C=O) groups excluding carboxylic acids is 1. The highest BCUT2D eigenvalue weighted by Gasteiger charge is 2.24. The van der Waals surface area contributed by atoms with Gasteiger partial charge in [-0.1, -0.05) is 31.5 Å². The van der Waals surface area contributed by atoms with Crippen molar-refractivity contribution in [1.29, 1.82) is 0 Å². The Kier molecular flexibility index (Phi) is 8.43. The van der Waals surface area contributed by atoms with E-state index in [-0.39, 0.29) is 22.8 Å². The van der Waals surface area contributed by atoms with Crippen molar-refractivity contribution in [3.05, 3.63) is 48.0 Å². The SMILES string of the molecule is CCCCNc1cc(C(=O)OCC[N+](C)(C)C)cc(S(N)(=O)=O)c1Oc1ccccc1. The van der Waals surface area contributed by atoms with Crippen molar-refractivity contribution in [2.45, 2.75) is 24.7 Å². The number of nitrogens with two attached hydrogens (primary N) is 1. The molecule has 0 fully saturated rings. The summed E-state index contributed by atoms with van der Waals surface area (Å²) in [6.07, 6.45) is 1.80. The number of nitrogens with zero attached hydrogens (tertiary/aromatic N) is 1. The maximum absolute atomic E-state index is 12.6. The molecule has 0 radical (unpaired) electrons. The summed E-state index contributed by atoms with van der Waals surface area (Å²) in [5.74, 6) is -0.125. The number of nitrogens with one attached hydrogen (secondary N) is 1. The first-order valence-corrected chi connectivity index (χ1v) is 11.7. The molecule has 31 heavy (non-hydrogen) atoms. The number of rotatable bonds is 11. The van der Waals surface area contributed by atoms with Crippen LogP contribution in [0.3, 0.4) is 0 Å². The normalized spacial score (nSPS) is 11.8. The van der Waals surface area contributed by atoms with Crippen molar-refractivity contribution in [1.82, 2.24) is 0 Å². The van der Waals surface area contributed by atoms with E-state index in [1.165, 1.54) is 12.1 Å².